The molecule has 0 saturated carbocycles. The Morgan fingerprint density at radius 1 is 1.35 bits per heavy atom. The Morgan fingerprint density at radius 2 is 2.05 bits per heavy atom. The zero-order valence-electron chi connectivity index (χ0n) is 12.0. The number of hydrogen-bond acceptors (Lipinski definition) is 4. The van der Waals surface area contributed by atoms with Gasteiger partial charge >= 0.3 is 0 Å². The first-order valence-electron chi connectivity index (χ1n) is 7.14. The van der Waals surface area contributed by atoms with Crippen LogP contribution in [-0.2, 0) is 16.3 Å². The molecule has 0 aliphatic carbocycles. The maximum absolute atomic E-state index is 11.5. The topological polar surface area (TPSA) is 72.2 Å². The fraction of sp³-hybridized carbons (Fsp3) is 0.600. The molecule has 112 valence electrons. The van der Waals surface area contributed by atoms with Crippen LogP contribution in [0.5, 0.6) is 0 Å². The maximum Gasteiger partial charge on any atom is 0.152 e. The molecule has 0 bridgehead atoms. The Morgan fingerprint density at radius 3 is 2.65 bits per heavy atom. The van der Waals surface area contributed by atoms with Crippen molar-refractivity contribution in [3.05, 3.63) is 35.9 Å². The molecule has 5 heteroatoms. The first-order valence-corrected chi connectivity index (χ1v) is 8.96. The highest BCUT2D eigenvalue weighted by atomic mass is 32.2. The van der Waals surface area contributed by atoms with Gasteiger partial charge in [-0.1, -0.05) is 30.3 Å². The summed E-state index contributed by atoms with van der Waals surface area (Å²) in [5, 5.41) is 3.35. The predicted molar refractivity (Wildman–Crippen MR) is 82.4 cm³/mol. The summed E-state index contributed by atoms with van der Waals surface area (Å²) in [6, 6.07) is 10.3. The summed E-state index contributed by atoms with van der Waals surface area (Å²) in [6.45, 7) is 2.64. The van der Waals surface area contributed by atoms with E-state index in [2.05, 4.69) is 17.4 Å². The fourth-order valence-electron chi connectivity index (χ4n) is 2.63. The van der Waals surface area contributed by atoms with Crippen LogP contribution in [0.2, 0.25) is 0 Å². The SMILES string of the molecule is CC1(NCC(N)CCc2ccccc2)CCS(=O)(=O)C1. The number of sulfone groups is 1. The number of aryl methyl sites for hydroxylation is 1. The molecule has 1 fully saturated rings. The number of nitrogens with two attached hydrogens (primary N) is 1. The zero-order valence-corrected chi connectivity index (χ0v) is 12.8. The Kier molecular flexibility index (Phi) is 4.83. The fourth-order valence-corrected chi connectivity index (χ4v) is 4.75. The summed E-state index contributed by atoms with van der Waals surface area (Å²) in [5.74, 6) is 0.515. The molecular weight excluding hydrogens is 272 g/mol. The second-order valence-corrected chi connectivity index (χ2v) is 8.25. The largest absolute Gasteiger partial charge is 0.327 e. The average molecular weight is 296 g/mol. The molecule has 1 aromatic carbocycles. The molecule has 1 heterocycles. The second-order valence-electron chi connectivity index (χ2n) is 6.07. The lowest BCUT2D eigenvalue weighted by Crippen LogP contribution is -2.48. The van der Waals surface area contributed by atoms with Gasteiger partial charge in [0, 0.05) is 18.1 Å². The minimum absolute atomic E-state index is 0.0512. The molecule has 20 heavy (non-hydrogen) atoms. The van der Waals surface area contributed by atoms with Gasteiger partial charge in [-0.25, -0.2) is 8.42 Å². The van der Waals surface area contributed by atoms with Crippen molar-refractivity contribution in [3.63, 3.8) is 0 Å². The Bertz CT molecular complexity index is 530. The molecule has 0 aromatic heterocycles. The van der Waals surface area contributed by atoms with Crippen LogP contribution in [0.25, 0.3) is 0 Å². The lowest BCUT2D eigenvalue weighted by Gasteiger charge is -2.26. The second kappa shape index (κ2) is 6.24. The van der Waals surface area contributed by atoms with Crippen LogP contribution in [0.1, 0.15) is 25.3 Å². The van der Waals surface area contributed by atoms with Gasteiger partial charge in [0.2, 0.25) is 0 Å². The van der Waals surface area contributed by atoms with Crippen molar-refractivity contribution in [2.24, 2.45) is 5.73 Å². The Labute approximate surface area is 121 Å². The van der Waals surface area contributed by atoms with Gasteiger partial charge < -0.3 is 11.1 Å². The normalized spacial score (nSPS) is 26.5. The smallest absolute Gasteiger partial charge is 0.152 e. The first-order chi connectivity index (χ1) is 9.39. The highest BCUT2D eigenvalue weighted by molar-refractivity contribution is 7.91. The van der Waals surface area contributed by atoms with Crippen LogP contribution >= 0.6 is 0 Å². The molecule has 2 atom stereocenters. The third kappa shape index (κ3) is 4.58. The monoisotopic (exact) mass is 296 g/mol. The lowest BCUT2D eigenvalue weighted by atomic mass is 10.0. The van der Waals surface area contributed by atoms with E-state index in [1.165, 1.54) is 5.56 Å². The Balaban J connectivity index is 1.74. The molecule has 2 unspecified atom stereocenters. The van der Waals surface area contributed by atoms with Gasteiger partial charge in [0.1, 0.15) is 0 Å². The summed E-state index contributed by atoms with van der Waals surface area (Å²) in [6.07, 6.45) is 2.54. The van der Waals surface area contributed by atoms with Gasteiger partial charge in [-0.3, -0.25) is 0 Å². The maximum atomic E-state index is 11.5. The number of rotatable bonds is 6. The Hall–Kier alpha value is -0.910. The summed E-state index contributed by atoms with van der Waals surface area (Å²) in [5.41, 5.74) is 7.10. The molecule has 1 aliphatic heterocycles. The van der Waals surface area contributed by atoms with Gasteiger partial charge in [-0.15, -0.1) is 0 Å². The molecule has 0 radical (unpaired) electrons. The quantitative estimate of drug-likeness (QED) is 0.825. The van der Waals surface area contributed by atoms with Crippen LogP contribution in [0.3, 0.4) is 0 Å². The van der Waals surface area contributed by atoms with E-state index >= 15 is 0 Å². The molecular formula is C15H24N2O2S. The average Bonchev–Trinajstić information content (AvgIpc) is 2.70. The zero-order chi connectivity index (χ0) is 14.6. The summed E-state index contributed by atoms with van der Waals surface area (Å²) in [4.78, 5) is 0. The van der Waals surface area contributed by atoms with Gasteiger partial charge in [0.05, 0.1) is 11.5 Å². The van der Waals surface area contributed by atoms with Crippen molar-refractivity contribution in [2.75, 3.05) is 18.1 Å². The van der Waals surface area contributed by atoms with E-state index in [0.29, 0.717) is 13.0 Å². The van der Waals surface area contributed by atoms with Gasteiger partial charge in [-0.05, 0) is 31.7 Å². The molecule has 0 amide bonds. The molecule has 0 spiro atoms. The van der Waals surface area contributed by atoms with Crippen LogP contribution in [-0.4, -0.2) is 38.0 Å². The van der Waals surface area contributed by atoms with E-state index in [4.69, 9.17) is 5.73 Å². The molecule has 1 saturated heterocycles. The van der Waals surface area contributed by atoms with E-state index in [9.17, 15) is 8.42 Å². The highest BCUT2D eigenvalue weighted by Gasteiger charge is 2.37. The standard InChI is InChI=1S/C15H24N2O2S/c1-15(9-10-20(18,19)12-15)17-11-14(16)8-7-13-5-3-2-4-6-13/h2-6,14,17H,7-12,16H2,1H3. The van der Waals surface area contributed by atoms with E-state index in [1.807, 2.05) is 25.1 Å². The number of benzene rings is 1. The van der Waals surface area contributed by atoms with E-state index < -0.39 is 9.84 Å². The first kappa shape index (κ1) is 15.5. The van der Waals surface area contributed by atoms with E-state index in [-0.39, 0.29) is 23.1 Å². The van der Waals surface area contributed by atoms with Gasteiger partial charge in [-0.2, -0.15) is 0 Å². The van der Waals surface area contributed by atoms with Crippen molar-refractivity contribution >= 4 is 9.84 Å². The molecule has 1 aliphatic rings. The minimum Gasteiger partial charge on any atom is -0.327 e. The van der Waals surface area contributed by atoms with E-state index in [0.717, 1.165) is 12.8 Å². The third-order valence-electron chi connectivity index (χ3n) is 3.94. The number of nitrogens with one attached hydrogen (secondary N) is 1. The van der Waals surface area contributed by atoms with Gasteiger partial charge in [0.15, 0.2) is 9.84 Å². The minimum atomic E-state index is -2.86. The van der Waals surface area contributed by atoms with Crippen LogP contribution in [0.4, 0.5) is 0 Å². The van der Waals surface area contributed by atoms with Gasteiger partial charge in [0.25, 0.3) is 0 Å². The van der Waals surface area contributed by atoms with Crippen molar-refractivity contribution in [3.8, 4) is 0 Å². The van der Waals surface area contributed by atoms with Crippen LogP contribution in [0, 0.1) is 0 Å². The van der Waals surface area contributed by atoms with Crippen molar-refractivity contribution < 1.29 is 8.42 Å². The summed E-state index contributed by atoms with van der Waals surface area (Å²) >= 11 is 0. The van der Waals surface area contributed by atoms with Crippen molar-refractivity contribution in [1.29, 1.82) is 0 Å². The summed E-state index contributed by atoms with van der Waals surface area (Å²) in [7, 11) is -2.86. The number of hydrogen-bond donors (Lipinski definition) is 2. The molecule has 4 nitrogen and oxygen atoms in total. The van der Waals surface area contributed by atoms with Crippen molar-refractivity contribution in [1.82, 2.24) is 5.32 Å². The lowest BCUT2D eigenvalue weighted by molar-refractivity contribution is 0.376. The summed E-state index contributed by atoms with van der Waals surface area (Å²) < 4.78 is 23.1. The third-order valence-corrected chi connectivity index (χ3v) is 5.84. The highest BCUT2D eigenvalue weighted by Crippen LogP contribution is 2.22. The van der Waals surface area contributed by atoms with Crippen molar-refractivity contribution in [2.45, 2.75) is 37.8 Å². The molecule has 1 aromatic rings. The molecule has 3 N–H and O–H groups in total. The van der Waals surface area contributed by atoms with E-state index in [1.54, 1.807) is 0 Å². The van der Waals surface area contributed by atoms with Crippen LogP contribution < -0.4 is 11.1 Å². The predicted octanol–water partition coefficient (Wildman–Crippen LogP) is 1.11. The van der Waals surface area contributed by atoms with Crippen LogP contribution in [0.15, 0.2) is 30.3 Å². The molecule has 2 rings (SSSR count).